The van der Waals surface area contributed by atoms with Crippen LogP contribution in [0.2, 0.25) is 0 Å². The number of imidazole rings is 1. The van der Waals surface area contributed by atoms with E-state index in [1.165, 1.54) is 0 Å². The Hall–Kier alpha value is -1.56. The van der Waals surface area contributed by atoms with E-state index in [-0.39, 0.29) is 6.54 Å². The van der Waals surface area contributed by atoms with Gasteiger partial charge in [0.2, 0.25) is 0 Å². The highest BCUT2D eigenvalue weighted by molar-refractivity contribution is 5.75. The van der Waals surface area contributed by atoms with Gasteiger partial charge in [-0.1, -0.05) is 12.1 Å². The number of aromatic nitrogens is 2. The first-order chi connectivity index (χ1) is 7.97. The Kier molecular flexibility index (Phi) is 3.06. The van der Waals surface area contributed by atoms with Crippen molar-refractivity contribution in [3.8, 4) is 0 Å². The van der Waals surface area contributed by atoms with Crippen molar-refractivity contribution < 1.29 is 13.2 Å². The third kappa shape index (κ3) is 2.76. The molecule has 1 N–H and O–H groups in total. The third-order valence-corrected chi connectivity index (χ3v) is 2.49. The molecule has 0 fully saturated rings. The molecule has 0 saturated carbocycles. The van der Waals surface area contributed by atoms with Crippen LogP contribution in [0, 0.1) is 0 Å². The first-order valence-electron chi connectivity index (χ1n) is 5.15. The second-order valence-electron chi connectivity index (χ2n) is 3.79. The Labute approximate surface area is 96.3 Å². The molecule has 0 amide bonds. The predicted molar refractivity (Wildman–Crippen MR) is 58.5 cm³/mol. The molecule has 1 aromatic carbocycles. The van der Waals surface area contributed by atoms with Crippen molar-refractivity contribution in [2.75, 3.05) is 6.54 Å². The summed E-state index contributed by atoms with van der Waals surface area (Å²) < 4.78 is 37.7. The van der Waals surface area contributed by atoms with Gasteiger partial charge in [0, 0.05) is 7.05 Å². The number of aryl methyl sites for hydroxylation is 1. The summed E-state index contributed by atoms with van der Waals surface area (Å²) in [5.74, 6) is 0.593. The smallest absolute Gasteiger partial charge is 0.330 e. The second-order valence-corrected chi connectivity index (χ2v) is 3.79. The van der Waals surface area contributed by atoms with E-state index in [1.807, 2.05) is 24.3 Å². The van der Waals surface area contributed by atoms with E-state index in [9.17, 15) is 13.2 Å². The minimum Gasteiger partial charge on any atom is -0.330 e. The van der Waals surface area contributed by atoms with Crippen molar-refractivity contribution in [3.05, 3.63) is 30.1 Å². The summed E-state index contributed by atoms with van der Waals surface area (Å²) in [6.45, 7) is -0.902. The Bertz CT molecular complexity index is 516. The summed E-state index contributed by atoms with van der Waals surface area (Å²) in [6, 6.07) is 7.44. The lowest BCUT2D eigenvalue weighted by Gasteiger charge is -2.07. The molecule has 0 unspecified atom stereocenters. The van der Waals surface area contributed by atoms with Crippen LogP contribution in [0.15, 0.2) is 24.3 Å². The Morgan fingerprint density at radius 1 is 1.29 bits per heavy atom. The van der Waals surface area contributed by atoms with Crippen LogP contribution in [0.3, 0.4) is 0 Å². The lowest BCUT2D eigenvalue weighted by atomic mass is 10.3. The van der Waals surface area contributed by atoms with Crippen molar-refractivity contribution in [3.63, 3.8) is 0 Å². The SMILES string of the molecule is Cn1c(CNCC(F)(F)F)nc2ccccc21. The van der Waals surface area contributed by atoms with Crippen LogP contribution in [0.1, 0.15) is 5.82 Å². The molecule has 0 aliphatic rings. The highest BCUT2D eigenvalue weighted by atomic mass is 19.4. The van der Waals surface area contributed by atoms with Gasteiger partial charge in [-0.15, -0.1) is 0 Å². The fourth-order valence-electron chi connectivity index (χ4n) is 1.67. The largest absolute Gasteiger partial charge is 0.401 e. The molecule has 0 bridgehead atoms. The number of hydrogen-bond acceptors (Lipinski definition) is 2. The van der Waals surface area contributed by atoms with Gasteiger partial charge in [-0.3, -0.25) is 0 Å². The molecule has 3 nitrogen and oxygen atoms in total. The molecule has 17 heavy (non-hydrogen) atoms. The first-order valence-corrected chi connectivity index (χ1v) is 5.15. The monoisotopic (exact) mass is 243 g/mol. The van der Waals surface area contributed by atoms with Gasteiger partial charge in [0.15, 0.2) is 0 Å². The van der Waals surface area contributed by atoms with E-state index in [1.54, 1.807) is 11.6 Å². The number of halogens is 3. The Balaban J connectivity index is 2.11. The molecular weight excluding hydrogens is 231 g/mol. The van der Waals surface area contributed by atoms with Gasteiger partial charge < -0.3 is 9.88 Å². The summed E-state index contributed by atoms with van der Waals surface area (Å²) in [5, 5.41) is 2.34. The van der Waals surface area contributed by atoms with E-state index in [0.717, 1.165) is 11.0 Å². The van der Waals surface area contributed by atoms with E-state index in [2.05, 4.69) is 10.3 Å². The fraction of sp³-hybridized carbons (Fsp3) is 0.364. The summed E-state index contributed by atoms with van der Waals surface area (Å²) in [7, 11) is 1.79. The van der Waals surface area contributed by atoms with Crippen molar-refractivity contribution in [1.29, 1.82) is 0 Å². The summed E-state index contributed by atoms with van der Waals surface area (Å²) in [4.78, 5) is 4.26. The molecule has 0 aliphatic heterocycles. The molecule has 0 radical (unpaired) electrons. The second kappa shape index (κ2) is 4.37. The van der Waals surface area contributed by atoms with Crippen molar-refractivity contribution in [1.82, 2.24) is 14.9 Å². The zero-order valence-electron chi connectivity index (χ0n) is 9.25. The highest BCUT2D eigenvalue weighted by Crippen LogP contribution is 2.15. The Morgan fingerprint density at radius 3 is 2.65 bits per heavy atom. The number of nitrogens with one attached hydrogen (secondary N) is 1. The molecule has 1 aromatic heterocycles. The zero-order valence-corrected chi connectivity index (χ0v) is 9.25. The van der Waals surface area contributed by atoms with Crippen molar-refractivity contribution >= 4 is 11.0 Å². The fourth-order valence-corrected chi connectivity index (χ4v) is 1.67. The first kappa shape index (κ1) is 11.9. The normalized spacial score (nSPS) is 12.2. The Morgan fingerprint density at radius 2 is 2.00 bits per heavy atom. The maximum atomic E-state index is 12.0. The van der Waals surface area contributed by atoms with Gasteiger partial charge in [0.25, 0.3) is 0 Å². The molecular formula is C11H12F3N3. The molecule has 0 aliphatic carbocycles. The molecule has 0 spiro atoms. The van der Waals surface area contributed by atoms with Gasteiger partial charge in [0.1, 0.15) is 5.82 Å². The van der Waals surface area contributed by atoms with E-state index >= 15 is 0 Å². The minimum atomic E-state index is -4.19. The summed E-state index contributed by atoms with van der Waals surface area (Å²) in [6.07, 6.45) is -4.19. The molecule has 0 atom stereocenters. The molecule has 0 saturated heterocycles. The topological polar surface area (TPSA) is 29.9 Å². The zero-order chi connectivity index (χ0) is 12.5. The van der Waals surface area contributed by atoms with Crippen LogP contribution < -0.4 is 5.32 Å². The van der Waals surface area contributed by atoms with Crippen molar-refractivity contribution in [2.45, 2.75) is 12.7 Å². The van der Waals surface area contributed by atoms with Gasteiger partial charge in [-0.25, -0.2) is 4.98 Å². The van der Waals surface area contributed by atoms with Gasteiger partial charge in [-0.05, 0) is 12.1 Å². The maximum Gasteiger partial charge on any atom is 0.401 e. The number of hydrogen-bond donors (Lipinski definition) is 1. The van der Waals surface area contributed by atoms with Gasteiger partial charge in [-0.2, -0.15) is 13.2 Å². The number of nitrogens with zero attached hydrogens (tertiary/aromatic N) is 2. The molecule has 6 heteroatoms. The predicted octanol–water partition coefficient (Wildman–Crippen LogP) is 2.23. The number of benzene rings is 1. The molecule has 2 rings (SSSR count). The molecule has 1 heterocycles. The third-order valence-electron chi connectivity index (χ3n) is 2.49. The van der Waals surface area contributed by atoms with Crippen LogP contribution in [0.5, 0.6) is 0 Å². The van der Waals surface area contributed by atoms with Gasteiger partial charge >= 0.3 is 6.18 Å². The summed E-state index contributed by atoms with van der Waals surface area (Å²) >= 11 is 0. The number of fused-ring (bicyclic) bond motifs is 1. The van der Waals surface area contributed by atoms with E-state index in [0.29, 0.717) is 5.82 Å². The average Bonchev–Trinajstić information content (AvgIpc) is 2.55. The minimum absolute atomic E-state index is 0.102. The van der Waals surface area contributed by atoms with Crippen LogP contribution in [-0.2, 0) is 13.6 Å². The van der Waals surface area contributed by atoms with Crippen LogP contribution >= 0.6 is 0 Å². The van der Waals surface area contributed by atoms with Gasteiger partial charge in [0.05, 0.1) is 24.1 Å². The molecule has 2 aromatic rings. The van der Waals surface area contributed by atoms with E-state index in [4.69, 9.17) is 0 Å². The quantitative estimate of drug-likeness (QED) is 0.895. The standard InChI is InChI=1S/C11H12F3N3/c1-17-9-5-3-2-4-8(9)16-10(17)6-15-7-11(12,13)14/h2-5,15H,6-7H2,1H3. The van der Waals surface area contributed by atoms with Crippen molar-refractivity contribution in [2.24, 2.45) is 7.05 Å². The van der Waals surface area contributed by atoms with Crippen LogP contribution in [-0.4, -0.2) is 22.3 Å². The maximum absolute atomic E-state index is 12.0. The highest BCUT2D eigenvalue weighted by Gasteiger charge is 2.26. The summed E-state index contributed by atoms with van der Waals surface area (Å²) in [5.41, 5.74) is 1.70. The molecule has 92 valence electrons. The lowest BCUT2D eigenvalue weighted by Crippen LogP contribution is -2.29. The lowest BCUT2D eigenvalue weighted by molar-refractivity contribution is -0.125. The van der Waals surface area contributed by atoms with Crippen LogP contribution in [0.25, 0.3) is 11.0 Å². The van der Waals surface area contributed by atoms with Crippen LogP contribution in [0.4, 0.5) is 13.2 Å². The number of para-hydroxylation sites is 2. The number of rotatable bonds is 3. The van der Waals surface area contributed by atoms with E-state index < -0.39 is 12.7 Å². The number of alkyl halides is 3. The average molecular weight is 243 g/mol.